The van der Waals surface area contributed by atoms with Crippen molar-refractivity contribution in [3.05, 3.63) is 70.2 Å². The highest BCUT2D eigenvalue weighted by Gasteiger charge is 2.12. The van der Waals surface area contributed by atoms with Gasteiger partial charge in [-0.25, -0.2) is 4.79 Å². The van der Waals surface area contributed by atoms with Crippen LogP contribution >= 0.6 is 15.9 Å². The predicted octanol–water partition coefficient (Wildman–Crippen LogP) is 5.14. The van der Waals surface area contributed by atoms with Crippen molar-refractivity contribution in [2.24, 2.45) is 0 Å². The third kappa shape index (κ3) is 4.33. The number of methoxy groups -OCH3 is 1. The quantitative estimate of drug-likeness (QED) is 0.426. The number of hydrogen-bond acceptors (Lipinski definition) is 4. The Kier molecular flexibility index (Phi) is 5.97. The second kappa shape index (κ2) is 8.59. The SMILES string of the molecule is COc1cc(/C=C(/C#N)c2ccc3ccccc3c2)c(Br)cc1OCC(=O)O. The van der Waals surface area contributed by atoms with Crippen LogP contribution in [0.2, 0.25) is 0 Å². The molecular weight excluding hydrogens is 422 g/mol. The summed E-state index contributed by atoms with van der Waals surface area (Å²) in [4.78, 5) is 10.7. The normalized spacial score (nSPS) is 11.1. The molecule has 0 atom stereocenters. The number of allylic oxidation sites excluding steroid dienone is 1. The molecule has 0 aliphatic heterocycles. The van der Waals surface area contributed by atoms with Gasteiger partial charge in [-0.2, -0.15) is 5.26 Å². The topological polar surface area (TPSA) is 79.5 Å². The first-order valence-electron chi connectivity index (χ1n) is 8.35. The molecule has 0 saturated carbocycles. The van der Waals surface area contributed by atoms with E-state index in [2.05, 4.69) is 22.0 Å². The maximum Gasteiger partial charge on any atom is 0.341 e. The van der Waals surface area contributed by atoms with Crippen LogP contribution in [-0.2, 0) is 4.79 Å². The highest BCUT2D eigenvalue weighted by molar-refractivity contribution is 9.10. The predicted molar refractivity (Wildman–Crippen MR) is 111 cm³/mol. The molecule has 0 aliphatic carbocycles. The lowest BCUT2D eigenvalue weighted by Crippen LogP contribution is -2.10. The zero-order valence-corrected chi connectivity index (χ0v) is 16.6. The van der Waals surface area contributed by atoms with Gasteiger partial charge in [-0.15, -0.1) is 0 Å². The van der Waals surface area contributed by atoms with Crippen LogP contribution in [0.25, 0.3) is 22.4 Å². The number of nitrogens with zero attached hydrogens (tertiary/aromatic N) is 1. The Morgan fingerprint density at radius 3 is 2.57 bits per heavy atom. The average molecular weight is 438 g/mol. The first-order chi connectivity index (χ1) is 13.5. The lowest BCUT2D eigenvalue weighted by atomic mass is 10.00. The Labute approximate surface area is 170 Å². The molecule has 0 aliphatic rings. The molecule has 28 heavy (non-hydrogen) atoms. The van der Waals surface area contributed by atoms with E-state index in [1.165, 1.54) is 7.11 Å². The Morgan fingerprint density at radius 1 is 1.14 bits per heavy atom. The molecule has 3 aromatic carbocycles. The molecule has 0 amide bonds. The summed E-state index contributed by atoms with van der Waals surface area (Å²) >= 11 is 3.45. The standard InChI is InChI=1S/C22H16BrNO4/c1-27-20-10-17(19(23)11-21(20)28-13-22(25)26)9-18(12-24)16-7-6-14-4-2-3-5-15(14)8-16/h2-11H,13H2,1H3,(H,25,26)/b18-9-. The highest BCUT2D eigenvalue weighted by atomic mass is 79.9. The number of carboxylic acid groups (broad SMARTS) is 1. The molecule has 140 valence electrons. The van der Waals surface area contributed by atoms with Gasteiger partial charge < -0.3 is 14.6 Å². The van der Waals surface area contributed by atoms with Crippen LogP contribution in [0.4, 0.5) is 0 Å². The zero-order chi connectivity index (χ0) is 20.1. The summed E-state index contributed by atoms with van der Waals surface area (Å²) in [5, 5.41) is 20.6. The summed E-state index contributed by atoms with van der Waals surface area (Å²) in [5.41, 5.74) is 2.01. The van der Waals surface area contributed by atoms with Gasteiger partial charge in [-0.3, -0.25) is 0 Å². The smallest absolute Gasteiger partial charge is 0.341 e. The third-order valence-corrected chi connectivity index (χ3v) is 4.80. The van der Waals surface area contributed by atoms with Crippen LogP contribution in [0.15, 0.2) is 59.1 Å². The minimum Gasteiger partial charge on any atom is -0.493 e. The van der Waals surface area contributed by atoms with Gasteiger partial charge in [0.05, 0.1) is 18.8 Å². The Balaban J connectivity index is 2.01. The maximum absolute atomic E-state index is 10.7. The molecule has 6 heteroatoms. The van der Waals surface area contributed by atoms with Gasteiger partial charge in [0.2, 0.25) is 0 Å². The Hall–Kier alpha value is -3.30. The largest absolute Gasteiger partial charge is 0.493 e. The number of hydrogen-bond donors (Lipinski definition) is 1. The van der Waals surface area contributed by atoms with Crippen LogP contribution < -0.4 is 9.47 Å². The molecule has 0 heterocycles. The fourth-order valence-corrected chi connectivity index (χ4v) is 3.20. The summed E-state index contributed by atoms with van der Waals surface area (Å²) in [6.07, 6.45) is 1.75. The molecule has 0 aromatic heterocycles. The van der Waals surface area contributed by atoms with E-state index in [0.29, 0.717) is 27.1 Å². The molecule has 0 bridgehead atoms. The Morgan fingerprint density at radius 2 is 1.89 bits per heavy atom. The highest BCUT2D eigenvalue weighted by Crippen LogP contribution is 2.35. The molecule has 1 N–H and O–H groups in total. The van der Waals surface area contributed by atoms with Crippen molar-refractivity contribution in [1.29, 1.82) is 5.26 Å². The first-order valence-corrected chi connectivity index (χ1v) is 9.14. The van der Waals surface area contributed by atoms with Gasteiger partial charge >= 0.3 is 5.97 Å². The van der Waals surface area contributed by atoms with Gasteiger partial charge in [0, 0.05) is 4.47 Å². The van der Waals surface area contributed by atoms with E-state index in [9.17, 15) is 10.1 Å². The summed E-state index contributed by atoms with van der Waals surface area (Å²) in [5.74, 6) is -0.394. The number of ether oxygens (including phenoxy) is 2. The van der Waals surface area contributed by atoms with Crippen LogP contribution in [0.3, 0.4) is 0 Å². The molecule has 0 fully saturated rings. The second-order valence-corrected chi connectivity index (χ2v) is 6.79. The monoisotopic (exact) mass is 437 g/mol. The lowest BCUT2D eigenvalue weighted by Gasteiger charge is -2.12. The molecular formula is C22H16BrNO4. The van der Waals surface area contributed by atoms with E-state index in [4.69, 9.17) is 14.6 Å². The number of nitriles is 1. The van der Waals surface area contributed by atoms with Gasteiger partial charge in [0.25, 0.3) is 0 Å². The molecule has 0 unspecified atom stereocenters. The summed E-state index contributed by atoms with van der Waals surface area (Å²) in [7, 11) is 1.47. The summed E-state index contributed by atoms with van der Waals surface area (Å²) < 4.78 is 11.2. The maximum atomic E-state index is 10.7. The summed E-state index contributed by atoms with van der Waals surface area (Å²) in [6, 6.07) is 19.4. The van der Waals surface area contributed by atoms with Crippen molar-refractivity contribution < 1.29 is 19.4 Å². The zero-order valence-electron chi connectivity index (χ0n) is 15.0. The molecule has 0 saturated heterocycles. The second-order valence-electron chi connectivity index (χ2n) is 5.94. The van der Waals surface area contributed by atoms with Gasteiger partial charge in [0.15, 0.2) is 18.1 Å². The van der Waals surface area contributed by atoms with Crippen molar-refractivity contribution in [2.45, 2.75) is 0 Å². The van der Waals surface area contributed by atoms with Crippen LogP contribution in [0.1, 0.15) is 11.1 Å². The number of rotatable bonds is 6. The van der Waals surface area contributed by atoms with Crippen LogP contribution in [0, 0.1) is 11.3 Å². The molecule has 0 radical (unpaired) electrons. The molecule has 5 nitrogen and oxygen atoms in total. The lowest BCUT2D eigenvalue weighted by molar-refractivity contribution is -0.139. The summed E-state index contributed by atoms with van der Waals surface area (Å²) in [6.45, 7) is -0.474. The number of halogens is 1. The van der Waals surface area contributed by atoms with E-state index < -0.39 is 12.6 Å². The number of carboxylic acids is 1. The molecule has 3 aromatic rings. The average Bonchev–Trinajstić information content (AvgIpc) is 2.71. The Bertz CT molecular complexity index is 1120. The number of carbonyl (C=O) groups is 1. The number of aliphatic carboxylic acids is 1. The van der Waals surface area contributed by atoms with E-state index in [-0.39, 0.29) is 0 Å². The van der Waals surface area contributed by atoms with Crippen molar-refractivity contribution in [3.8, 4) is 17.6 Å². The van der Waals surface area contributed by atoms with E-state index in [0.717, 1.165) is 16.3 Å². The third-order valence-electron chi connectivity index (χ3n) is 4.11. The van der Waals surface area contributed by atoms with Crippen molar-refractivity contribution in [2.75, 3.05) is 13.7 Å². The number of fused-ring (bicyclic) bond motifs is 1. The first kappa shape index (κ1) is 19.5. The fraction of sp³-hybridized carbons (Fsp3) is 0.0909. The van der Waals surface area contributed by atoms with E-state index in [1.54, 1.807) is 18.2 Å². The number of benzene rings is 3. The minimum atomic E-state index is -1.08. The molecule has 3 rings (SSSR count). The van der Waals surface area contributed by atoms with Crippen LogP contribution in [0.5, 0.6) is 11.5 Å². The fourth-order valence-electron chi connectivity index (χ4n) is 2.77. The molecule has 0 spiro atoms. The van der Waals surface area contributed by atoms with Crippen molar-refractivity contribution in [3.63, 3.8) is 0 Å². The van der Waals surface area contributed by atoms with Crippen molar-refractivity contribution in [1.82, 2.24) is 0 Å². The van der Waals surface area contributed by atoms with Gasteiger partial charge in [0.1, 0.15) is 0 Å². The van der Waals surface area contributed by atoms with Gasteiger partial charge in [-0.05, 0) is 46.2 Å². The van der Waals surface area contributed by atoms with E-state index in [1.807, 2.05) is 42.5 Å². The van der Waals surface area contributed by atoms with E-state index >= 15 is 0 Å². The van der Waals surface area contributed by atoms with Crippen molar-refractivity contribution >= 4 is 44.3 Å². The minimum absolute atomic E-state index is 0.304. The van der Waals surface area contributed by atoms with Crippen LogP contribution in [-0.4, -0.2) is 24.8 Å². The van der Waals surface area contributed by atoms with Gasteiger partial charge in [-0.1, -0.05) is 52.3 Å².